The van der Waals surface area contributed by atoms with Crippen molar-refractivity contribution in [3.8, 4) is 0 Å². The Kier molecular flexibility index (Phi) is 3.16. The third kappa shape index (κ3) is 2.41. The number of methoxy groups -OCH3 is 1. The summed E-state index contributed by atoms with van der Waals surface area (Å²) in [4.78, 5) is 0. The summed E-state index contributed by atoms with van der Waals surface area (Å²) >= 11 is 0. The highest BCUT2D eigenvalue weighted by Crippen LogP contribution is 2.41. The summed E-state index contributed by atoms with van der Waals surface area (Å²) in [6.07, 6.45) is -1.25. The van der Waals surface area contributed by atoms with Gasteiger partial charge in [-0.25, -0.2) is 0 Å². The Morgan fingerprint density at radius 3 is 2.26 bits per heavy atom. The van der Waals surface area contributed by atoms with Crippen LogP contribution in [0.15, 0.2) is 0 Å². The van der Waals surface area contributed by atoms with Crippen molar-refractivity contribution in [2.75, 3.05) is 13.7 Å². The van der Waals surface area contributed by atoms with Crippen molar-refractivity contribution in [1.29, 1.82) is 0 Å². The molecule has 3 fully saturated rings. The number of fused-ring (bicyclic) bond motifs is 1. The van der Waals surface area contributed by atoms with Crippen LogP contribution in [-0.2, 0) is 28.4 Å². The molecule has 0 bridgehead atoms. The fourth-order valence-electron chi connectivity index (χ4n) is 2.95. The molecule has 3 saturated heterocycles. The van der Waals surface area contributed by atoms with Crippen molar-refractivity contribution < 1.29 is 28.4 Å². The van der Waals surface area contributed by atoms with Crippen LogP contribution in [0.3, 0.4) is 0 Å². The van der Waals surface area contributed by atoms with Gasteiger partial charge < -0.3 is 28.4 Å². The van der Waals surface area contributed by atoms with Gasteiger partial charge in [-0.1, -0.05) is 0 Å². The summed E-state index contributed by atoms with van der Waals surface area (Å²) in [6, 6.07) is 0. The molecule has 3 rings (SSSR count). The molecule has 6 heteroatoms. The molecule has 5 atom stereocenters. The minimum absolute atomic E-state index is 0.166. The van der Waals surface area contributed by atoms with Crippen LogP contribution in [0.25, 0.3) is 0 Å². The Labute approximate surface area is 113 Å². The molecule has 110 valence electrons. The molecule has 0 aliphatic carbocycles. The van der Waals surface area contributed by atoms with Crippen molar-refractivity contribution in [3.63, 3.8) is 0 Å². The van der Waals surface area contributed by atoms with Crippen molar-refractivity contribution in [2.45, 2.75) is 70.0 Å². The highest BCUT2D eigenvalue weighted by Gasteiger charge is 2.58. The van der Waals surface area contributed by atoms with E-state index in [2.05, 4.69) is 0 Å². The predicted molar refractivity (Wildman–Crippen MR) is 64.4 cm³/mol. The largest absolute Gasteiger partial charge is 0.376 e. The van der Waals surface area contributed by atoms with Crippen LogP contribution < -0.4 is 0 Å². The molecule has 19 heavy (non-hydrogen) atoms. The molecule has 0 aromatic carbocycles. The fraction of sp³-hybridized carbons (Fsp3) is 1.00. The van der Waals surface area contributed by atoms with E-state index in [-0.39, 0.29) is 24.4 Å². The van der Waals surface area contributed by atoms with E-state index in [0.717, 1.165) is 0 Å². The molecule has 3 heterocycles. The molecule has 0 aromatic heterocycles. The molecule has 0 amide bonds. The van der Waals surface area contributed by atoms with Crippen LogP contribution in [0, 0.1) is 0 Å². The van der Waals surface area contributed by atoms with Gasteiger partial charge >= 0.3 is 0 Å². The third-order valence-electron chi connectivity index (χ3n) is 3.70. The normalized spacial score (nSPS) is 47.5. The second-order valence-corrected chi connectivity index (χ2v) is 6.14. The molecule has 6 nitrogen and oxygen atoms in total. The molecule has 0 spiro atoms. The summed E-state index contributed by atoms with van der Waals surface area (Å²) < 4.78 is 34.5. The first-order valence-electron chi connectivity index (χ1n) is 6.67. The maximum absolute atomic E-state index is 5.92. The molecule has 3 unspecified atom stereocenters. The van der Waals surface area contributed by atoms with Crippen molar-refractivity contribution in [2.24, 2.45) is 0 Å². The van der Waals surface area contributed by atoms with Gasteiger partial charge in [-0.2, -0.15) is 0 Å². The van der Waals surface area contributed by atoms with Crippen molar-refractivity contribution >= 4 is 0 Å². The van der Waals surface area contributed by atoms with Crippen LogP contribution >= 0.6 is 0 Å². The van der Waals surface area contributed by atoms with Gasteiger partial charge in [0.15, 0.2) is 17.9 Å². The van der Waals surface area contributed by atoms with Gasteiger partial charge in [0.1, 0.15) is 24.4 Å². The summed E-state index contributed by atoms with van der Waals surface area (Å²) in [7, 11) is 1.65. The molecule has 3 aliphatic rings. The third-order valence-corrected chi connectivity index (χ3v) is 3.70. The average molecular weight is 274 g/mol. The zero-order valence-corrected chi connectivity index (χ0v) is 12.0. The molecular weight excluding hydrogens is 252 g/mol. The van der Waals surface area contributed by atoms with Crippen LogP contribution in [0.5, 0.6) is 0 Å². The zero-order valence-electron chi connectivity index (χ0n) is 12.0. The first kappa shape index (κ1) is 13.7. The van der Waals surface area contributed by atoms with Gasteiger partial charge in [-0.3, -0.25) is 0 Å². The van der Waals surface area contributed by atoms with Gasteiger partial charge in [0.2, 0.25) is 0 Å². The maximum Gasteiger partial charge on any atom is 0.190 e. The number of rotatable bonds is 2. The Hall–Kier alpha value is -0.240. The van der Waals surface area contributed by atoms with Gasteiger partial charge in [0, 0.05) is 7.11 Å². The maximum atomic E-state index is 5.92. The predicted octanol–water partition coefficient (Wildman–Crippen LogP) is 1.03. The molecule has 3 aliphatic heterocycles. The Balaban J connectivity index is 1.72. The smallest absolute Gasteiger partial charge is 0.190 e. The van der Waals surface area contributed by atoms with Crippen LogP contribution in [0.2, 0.25) is 0 Å². The van der Waals surface area contributed by atoms with Crippen LogP contribution in [0.4, 0.5) is 0 Å². The van der Waals surface area contributed by atoms with E-state index >= 15 is 0 Å². The highest BCUT2D eigenvalue weighted by molar-refractivity contribution is 4.98. The first-order valence-corrected chi connectivity index (χ1v) is 6.67. The van der Waals surface area contributed by atoms with Gasteiger partial charge in [0.05, 0.1) is 6.61 Å². The van der Waals surface area contributed by atoms with E-state index in [0.29, 0.717) is 6.61 Å². The average Bonchev–Trinajstić information content (AvgIpc) is 2.87. The van der Waals surface area contributed by atoms with Gasteiger partial charge in [0.25, 0.3) is 0 Å². The minimum atomic E-state index is -0.636. The monoisotopic (exact) mass is 274 g/mol. The van der Waals surface area contributed by atoms with Crippen LogP contribution in [0.1, 0.15) is 27.7 Å². The molecule has 0 aromatic rings. The quantitative estimate of drug-likeness (QED) is 0.749. The van der Waals surface area contributed by atoms with E-state index in [4.69, 9.17) is 28.4 Å². The molecular formula is C13H22O6. The lowest BCUT2D eigenvalue weighted by molar-refractivity contribution is -0.234. The van der Waals surface area contributed by atoms with Crippen molar-refractivity contribution in [1.82, 2.24) is 0 Å². The van der Waals surface area contributed by atoms with Crippen molar-refractivity contribution in [3.05, 3.63) is 0 Å². The summed E-state index contributed by atoms with van der Waals surface area (Å²) in [5, 5.41) is 0. The first-order chi connectivity index (χ1) is 8.81. The fourth-order valence-corrected chi connectivity index (χ4v) is 2.95. The SMILES string of the molecule is COC1C(C2COC(C)(C)O2)O[C@@H]2OC(C)(C)O[C@H]12. The summed E-state index contributed by atoms with van der Waals surface area (Å²) in [6.45, 7) is 8.01. The Morgan fingerprint density at radius 1 is 0.947 bits per heavy atom. The van der Waals surface area contributed by atoms with E-state index in [9.17, 15) is 0 Å². The lowest BCUT2D eigenvalue weighted by atomic mass is 10.1. The summed E-state index contributed by atoms with van der Waals surface area (Å²) in [5.74, 6) is -1.21. The van der Waals surface area contributed by atoms with E-state index in [1.807, 2.05) is 27.7 Å². The summed E-state index contributed by atoms with van der Waals surface area (Å²) in [5.41, 5.74) is 0. The van der Waals surface area contributed by atoms with Crippen LogP contribution in [-0.4, -0.2) is 56.0 Å². The lowest BCUT2D eigenvalue weighted by Gasteiger charge is -2.28. The number of hydrogen-bond acceptors (Lipinski definition) is 6. The highest BCUT2D eigenvalue weighted by atomic mass is 16.8. The lowest BCUT2D eigenvalue weighted by Crippen LogP contribution is -2.43. The zero-order chi connectivity index (χ0) is 13.8. The van der Waals surface area contributed by atoms with E-state index in [1.165, 1.54) is 0 Å². The standard InChI is InChI=1S/C13H22O6/c1-12(2)15-6-7(17-12)8-9(14-5)10-11(16-8)19-13(3,4)18-10/h7-11H,6H2,1-5H3/t7?,8?,9?,10-,11-/m1/s1. The number of ether oxygens (including phenoxy) is 6. The van der Waals surface area contributed by atoms with E-state index in [1.54, 1.807) is 7.11 Å². The Morgan fingerprint density at radius 2 is 1.68 bits per heavy atom. The van der Waals surface area contributed by atoms with E-state index < -0.39 is 17.9 Å². The van der Waals surface area contributed by atoms with Gasteiger partial charge in [-0.05, 0) is 27.7 Å². The number of hydrogen-bond donors (Lipinski definition) is 0. The molecule has 0 saturated carbocycles. The Bertz CT molecular complexity index is 355. The molecule has 0 N–H and O–H groups in total. The second kappa shape index (κ2) is 4.38. The minimum Gasteiger partial charge on any atom is -0.376 e. The topological polar surface area (TPSA) is 55.4 Å². The molecule has 0 radical (unpaired) electrons. The van der Waals surface area contributed by atoms with Gasteiger partial charge in [-0.15, -0.1) is 0 Å². The second-order valence-electron chi connectivity index (χ2n) is 6.14.